The lowest BCUT2D eigenvalue weighted by atomic mass is 10.4. The second kappa shape index (κ2) is 5.18. The summed E-state index contributed by atoms with van der Waals surface area (Å²) in [5, 5.41) is 0. The third-order valence-electron chi connectivity index (χ3n) is 0.716. The fourth-order valence-electron chi connectivity index (χ4n) is 0.338. The molecular formula is C6H8FNO. The summed E-state index contributed by atoms with van der Waals surface area (Å²) in [5.74, 6) is 0. The van der Waals surface area contributed by atoms with Gasteiger partial charge in [-0.3, -0.25) is 4.99 Å². The van der Waals surface area contributed by atoms with E-state index in [1.165, 1.54) is 12.2 Å². The lowest BCUT2D eigenvalue weighted by Gasteiger charge is -1.91. The minimum absolute atomic E-state index is 0.171. The highest BCUT2D eigenvalue weighted by molar-refractivity contribution is 5.30. The summed E-state index contributed by atoms with van der Waals surface area (Å²) < 4.78 is 11.1. The number of aliphatic imine (C=N–C) groups is 1. The van der Waals surface area contributed by atoms with Gasteiger partial charge >= 0.3 is 0 Å². The number of rotatable bonds is 4. The minimum atomic E-state index is -0.171. The molecule has 0 aliphatic rings. The van der Waals surface area contributed by atoms with Gasteiger partial charge in [-0.05, 0) is 17.3 Å². The van der Waals surface area contributed by atoms with E-state index in [2.05, 4.69) is 23.2 Å². The maximum absolute atomic E-state index is 11.1. The van der Waals surface area contributed by atoms with Gasteiger partial charge in [0.25, 0.3) is 0 Å². The Bertz CT molecular complexity index is 131. The van der Waals surface area contributed by atoms with Crippen LogP contribution in [0.2, 0.25) is 0 Å². The highest BCUT2D eigenvalue weighted by atomic mass is 19.3. The van der Waals surface area contributed by atoms with Gasteiger partial charge in [-0.2, -0.15) is 4.94 Å². The quantitative estimate of drug-likeness (QED) is 0.418. The normalized spacial score (nSPS) is 11.0. The molecule has 0 rings (SSSR count). The number of hydrogen-bond acceptors (Lipinski definition) is 2. The summed E-state index contributed by atoms with van der Waals surface area (Å²) in [6.07, 6.45) is 3.01. The van der Waals surface area contributed by atoms with E-state index in [1.54, 1.807) is 0 Å². The van der Waals surface area contributed by atoms with Gasteiger partial charge in [0.15, 0.2) is 0 Å². The van der Waals surface area contributed by atoms with Crippen molar-refractivity contribution < 1.29 is 9.47 Å². The molecule has 0 saturated carbocycles. The molecule has 0 aliphatic carbocycles. The molecule has 2 nitrogen and oxygen atoms in total. The number of nitrogens with zero attached hydrogens (tertiary/aromatic N) is 1. The molecule has 0 heterocycles. The molecule has 9 heavy (non-hydrogen) atoms. The van der Waals surface area contributed by atoms with Crippen LogP contribution in [-0.2, 0) is 4.94 Å². The van der Waals surface area contributed by atoms with Crippen molar-refractivity contribution in [1.82, 2.24) is 0 Å². The largest absolute Gasteiger partial charge is 0.266 e. The van der Waals surface area contributed by atoms with Crippen molar-refractivity contribution in [3.63, 3.8) is 0 Å². The highest BCUT2D eigenvalue weighted by Gasteiger charge is 1.88. The van der Waals surface area contributed by atoms with E-state index in [4.69, 9.17) is 0 Å². The molecule has 0 aromatic carbocycles. The third-order valence-corrected chi connectivity index (χ3v) is 0.716. The van der Waals surface area contributed by atoms with Gasteiger partial charge < -0.3 is 0 Å². The molecule has 0 N–H and O–H groups in total. The summed E-state index contributed by atoms with van der Waals surface area (Å²) in [6.45, 7) is 6.40. The zero-order chi connectivity index (χ0) is 7.11. The monoisotopic (exact) mass is 129 g/mol. The smallest absolute Gasteiger partial charge is 0.130 e. The molecule has 0 bridgehead atoms. The van der Waals surface area contributed by atoms with Crippen molar-refractivity contribution in [2.45, 2.75) is 0 Å². The van der Waals surface area contributed by atoms with E-state index in [-0.39, 0.29) is 6.61 Å². The van der Waals surface area contributed by atoms with Gasteiger partial charge in [-0.1, -0.05) is 12.7 Å². The molecule has 0 saturated heterocycles. The van der Waals surface area contributed by atoms with Crippen LogP contribution in [0.5, 0.6) is 0 Å². The maximum Gasteiger partial charge on any atom is 0.130 e. The Balaban J connectivity index is 3.80. The second-order valence-electron chi connectivity index (χ2n) is 1.31. The van der Waals surface area contributed by atoms with Crippen LogP contribution in [0.25, 0.3) is 0 Å². The van der Waals surface area contributed by atoms with E-state index >= 15 is 0 Å². The van der Waals surface area contributed by atoms with Crippen LogP contribution in [0.15, 0.2) is 29.4 Å². The van der Waals surface area contributed by atoms with Gasteiger partial charge in [-0.25, -0.2) is 0 Å². The predicted molar refractivity (Wildman–Crippen MR) is 34.9 cm³/mol. The first-order valence-electron chi connectivity index (χ1n) is 2.37. The number of allylic oxidation sites excluding steroid dienone is 2. The Hall–Kier alpha value is -0.960. The van der Waals surface area contributed by atoms with E-state index in [9.17, 15) is 4.53 Å². The number of halogens is 1. The van der Waals surface area contributed by atoms with Crippen molar-refractivity contribution >= 4 is 6.72 Å². The van der Waals surface area contributed by atoms with Gasteiger partial charge in [0.2, 0.25) is 0 Å². The molecule has 0 aliphatic heterocycles. The Morgan fingerprint density at radius 3 is 2.78 bits per heavy atom. The molecule has 0 unspecified atom stereocenters. The van der Waals surface area contributed by atoms with Crippen LogP contribution in [-0.4, -0.2) is 13.3 Å². The molecule has 0 aromatic rings. The van der Waals surface area contributed by atoms with Crippen LogP contribution < -0.4 is 0 Å². The fraction of sp³-hybridized carbons (Fsp3) is 0.167. The average molecular weight is 129 g/mol. The van der Waals surface area contributed by atoms with E-state index in [0.717, 1.165) is 0 Å². The topological polar surface area (TPSA) is 21.6 Å². The van der Waals surface area contributed by atoms with Gasteiger partial charge in [0.1, 0.15) is 6.61 Å². The van der Waals surface area contributed by atoms with E-state index in [1.807, 2.05) is 0 Å². The van der Waals surface area contributed by atoms with Crippen molar-refractivity contribution in [2.24, 2.45) is 4.99 Å². The van der Waals surface area contributed by atoms with Gasteiger partial charge in [-0.15, -0.1) is 0 Å². The average Bonchev–Trinajstić information content (AvgIpc) is 1.88. The molecule has 0 amide bonds. The summed E-state index contributed by atoms with van der Waals surface area (Å²) in [5.41, 5.74) is 0.424. The van der Waals surface area contributed by atoms with Crippen LogP contribution in [0.1, 0.15) is 0 Å². The van der Waals surface area contributed by atoms with Crippen molar-refractivity contribution in [3.05, 3.63) is 24.4 Å². The predicted octanol–water partition coefficient (Wildman–Crippen LogP) is 1.66. The highest BCUT2D eigenvalue weighted by Crippen LogP contribution is 1.95. The van der Waals surface area contributed by atoms with Crippen molar-refractivity contribution in [2.75, 3.05) is 6.61 Å². The van der Waals surface area contributed by atoms with Crippen LogP contribution in [0.4, 0.5) is 4.53 Å². The second-order valence-corrected chi connectivity index (χ2v) is 1.31. The van der Waals surface area contributed by atoms with Crippen LogP contribution in [0, 0.1) is 0 Å². The SMILES string of the molecule is C=C/C=C(/COF)N=C. The Kier molecular flexibility index (Phi) is 4.63. The lowest BCUT2D eigenvalue weighted by Crippen LogP contribution is -1.86. The Morgan fingerprint density at radius 2 is 2.44 bits per heavy atom. The Labute approximate surface area is 53.3 Å². The van der Waals surface area contributed by atoms with E-state index < -0.39 is 0 Å². The van der Waals surface area contributed by atoms with Crippen LogP contribution >= 0.6 is 0 Å². The molecule has 3 heteroatoms. The fourth-order valence-corrected chi connectivity index (χ4v) is 0.338. The zero-order valence-electron chi connectivity index (χ0n) is 5.01. The summed E-state index contributed by atoms with van der Waals surface area (Å²) in [7, 11) is 0. The van der Waals surface area contributed by atoms with Gasteiger partial charge in [0.05, 0.1) is 5.70 Å². The minimum Gasteiger partial charge on any atom is -0.266 e. The van der Waals surface area contributed by atoms with Crippen LogP contribution in [0.3, 0.4) is 0 Å². The maximum atomic E-state index is 11.1. The molecule has 0 aromatic heterocycles. The standard InChI is InChI=1S/C6H8FNO/c1-3-4-6(8-2)5-9-7/h3-4H,1-2,5H2/b6-4-. The zero-order valence-corrected chi connectivity index (χ0v) is 5.01. The molecule has 0 fully saturated rings. The van der Waals surface area contributed by atoms with Gasteiger partial charge in [0, 0.05) is 0 Å². The lowest BCUT2D eigenvalue weighted by molar-refractivity contribution is -0.121. The first-order valence-corrected chi connectivity index (χ1v) is 2.37. The first kappa shape index (κ1) is 8.04. The molecule has 0 radical (unpaired) electrons. The molecule has 0 atom stereocenters. The van der Waals surface area contributed by atoms with Crippen molar-refractivity contribution in [1.29, 1.82) is 0 Å². The third kappa shape index (κ3) is 3.61. The van der Waals surface area contributed by atoms with Crippen molar-refractivity contribution in [3.8, 4) is 0 Å². The van der Waals surface area contributed by atoms with E-state index in [0.29, 0.717) is 5.70 Å². The summed E-state index contributed by atoms with van der Waals surface area (Å²) in [4.78, 5) is 6.74. The molecule has 50 valence electrons. The Morgan fingerprint density at radius 1 is 1.78 bits per heavy atom. The summed E-state index contributed by atoms with van der Waals surface area (Å²) >= 11 is 0. The first-order chi connectivity index (χ1) is 4.35. The summed E-state index contributed by atoms with van der Waals surface area (Å²) in [6, 6.07) is 0. The molecule has 0 spiro atoms. The molecular weight excluding hydrogens is 121 g/mol. The number of hydrogen-bond donors (Lipinski definition) is 0.